The second-order valence-corrected chi connectivity index (χ2v) is 7.74. The van der Waals surface area contributed by atoms with Crippen molar-refractivity contribution in [3.05, 3.63) is 59.1 Å². The van der Waals surface area contributed by atoms with Crippen LogP contribution in [0.15, 0.2) is 48.5 Å². The topological polar surface area (TPSA) is 35.7 Å². The van der Waals surface area contributed by atoms with Gasteiger partial charge in [-0.3, -0.25) is 0 Å². The molecule has 0 saturated carbocycles. The van der Waals surface area contributed by atoms with Gasteiger partial charge in [0.05, 0.1) is 13.7 Å². The summed E-state index contributed by atoms with van der Waals surface area (Å²) in [5.74, 6) is 1.89. The molecule has 0 amide bonds. The van der Waals surface area contributed by atoms with E-state index in [9.17, 15) is 5.11 Å². The van der Waals surface area contributed by atoms with E-state index in [2.05, 4.69) is 9.48 Å². The summed E-state index contributed by atoms with van der Waals surface area (Å²) in [6.45, 7) is 1.33. The van der Waals surface area contributed by atoms with Crippen molar-refractivity contribution in [2.75, 3.05) is 30.9 Å². The fraction of sp³-hybridized carbons (Fsp3) is 0.316. The molecular weight excluding hydrogens is 356 g/mol. The number of aliphatic hydroxyl groups is 1. The maximum atomic E-state index is 11.6. The summed E-state index contributed by atoms with van der Waals surface area (Å²) in [5.41, 5.74) is 0.876. The van der Waals surface area contributed by atoms with Crippen LogP contribution >= 0.6 is 23.4 Å². The Hall–Kier alpha value is -1.69. The van der Waals surface area contributed by atoms with Gasteiger partial charge in [-0.1, -0.05) is 23.7 Å². The minimum absolute atomic E-state index is 0.489. The van der Waals surface area contributed by atoms with E-state index in [0.717, 1.165) is 40.9 Å². The molecule has 2 aliphatic heterocycles. The molecule has 2 heterocycles. The summed E-state index contributed by atoms with van der Waals surface area (Å²) < 4.78 is 7.38. The number of benzene rings is 2. The molecule has 0 saturated heterocycles. The van der Waals surface area contributed by atoms with Crippen LogP contribution in [0, 0.1) is 0 Å². The Morgan fingerprint density at radius 1 is 1.16 bits per heavy atom. The van der Waals surface area contributed by atoms with Crippen LogP contribution in [-0.4, -0.2) is 40.8 Å². The average Bonchev–Trinajstić information content (AvgIpc) is 2.97. The van der Waals surface area contributed by atoms with Gasteiger partial charge in [-0.2, -0.15) is 0 Å². The number of nitrogens with zero attached hydrogens (tertiary/aromatic N) is 2. The highest BCUT2D eigenvalue weighted by atomic mass is 35.5. The van der Waals surface area contributed by atoms with E-state index in [4.69, 9.17) is 16.3 Å². The standard InChI is InChI=1S/C19H20ClN2O2S/c1-24-17-9-7-16(8-10-17)21-13-19(23,14-3-5-15(20)6-4-14)22-11-2-12-25-18(21)22/h3-10,23H,2,11-13H2,1H3/q+1/t19-/m1/s1. The highest BCUT2D eigenvalue weighted by molar-refractivity contribution is 8.13. The second-order valence-electron chi connectivity index (χ2n) is 6.24. The van der Waals surface area contributed by atoms with Gasteiger partial charge in [-0.05, 0) is 54.6 Å². The van der Waals surface area contributed by atoms with Crippen molar-refractivity contribution in [2.24, 2.45) is 0 Å². The van der Waals surface area contributed by atoms with Crippen molar-refractivity contribution in [1.29, 1.82) is 0 Å². The molecule has 4 rings (SSSR count). The minimum Gasteiger partial charge on any atom is -0.497 e. The van der Waals surface area contributed by atoms with Crippen LogP contribution in [-0.2, 0) is 5.72 Å². The molecule has 1 atom stereocenters. The fourth-order valence-electron chi connectivity index (χ4n) is 3.43. The first-order valence-corrected chi connectivity index (χ1v) is 9.65. The van der Waals surface area contributed by atoms with Crippen molar-refractivity contribution in [2.45, 2.75) is 12.1 Å². The van der Waals surface area contributed by atoms with Gasteiger partial charge in [0, 0.05) is 16.3 Å². The zero-order chi connectivity index (χ0) is 17.4. The molecule has 0 radical (unpaired) electrons. The number of thioether (sulfide) groups is 1. The lowest BCUT2D eigenvalue weighted by Crippen LogP contribution is -2.41. The molecule has 0 unspecified atom stereocenters. The van der Waals surface area contributed by atoms with E-state index < -0.39 is 5.72 Å². The van der Waals surface area contributed by atoms with Gasteiger partial charge < -0.3 is 9.84 Å². The van der Waals surface area contributed by atoms with Crippen molar-refractivity contribution < 1.29 is 14.4 Å². The Morgan fingerprint density at radius 2 is 1.88 bits per heavy atom. The number of rotatable bonds is 3. The zero-order valence-corrected chi connectivity index (χ0v) is 15.6. The summed E-state index contributed by atoms with van der Waals surface area (Å²) in [7, 11) is 1.66. The number of hydrogen-bond acceptors (Lipinski definition) is 4. The smallest absolute Gasteiger partial charge is 0.316 e. The Bertz CT molecular complexity index is 807. The zero-order valence-electron chi connectivity index (χ0n) is 14.0. The second kappa shape index (κ2) is 6.56. The van der Waals surface area contributed by atoms with Gasteiger partial charge in [-0.15, -0.1) is 0 Å². The maximum Gasteiger partial charge on any atom is 0.316 e. The lowest BCUT2D eigenvalue weighted by Gasteiger charge is -2.24. The number of β-amino-alcohol motifs (C(OH)–C–C–N with tert-alkyl or cyclic N) is 1. The lowest BCUT2D eigenvalue weighted by atomic mass is 10.0. The van der Waals surface area contributed by atoms with Gasteiger partial charge in [0.1, 0.15) is 11.4 Å². The number of methoxy groups -OCH3 is 1. The molecular formula is C19H20ClN2O2S+. The van der Waals surface area contributed by atoms with Crippen molar-refractivity contribution >= 4 is 34.2 Å². The van der Waals surface area contributed by atoms with Crippen molar-refractivity contribution in [3.8, 4) is 5.75 Å². The molecule has 0 aromatic heterocycles. The third-order valence-corrected chi connectivity index (χ3v) is 6.18. The molecule has 6 heteroatoms. The number of anilines is 1. The average molecular weight is 376 g/mol. The quantitative estimate of drug-likeness (QED) is 0.833. The Balaban J connectivity index is 1.75. The van der Waals surface area contributed by atoms with E-state index in [1.165, 1.54) is 0 Å². The largest absolute Gasteiger partial charge is 0.497 e. The first kappa shape index (κ1) is 16.8. The SMILES string of the molecule is COc1ccc(N2C[C@@](O)(c3ccc(Cl)cc3)[N+]3=C2SCCC3)cc1. The van der Waals surface area contributed by atoms with Crippen molar-refractivity contribution in [3.63, 3.8) is 0 Å². The van der Waals surface area contributed by atoms with Gasteiger partial charge in [0.2, 0.25) is 0 Å². The van der Waals surface area contributed by atoms with Crippen LogP contribution in [0.3, 0.4) is 0 Å². The Morgan fingerprint density at radius 3 is 2.56 bits per heavy atom. The van der Waals surface area contributed by atoms with Crippen LogP contribution < -0.4 is 9.64 Å². The van der Waals surface area contributed by atoms with E-state index >= 15 is 0 Å². The first-order valence-electron chi connectivity index (χ1n) is 8.29. The van der Waals surface area contributed by atoms with E-state index in [-0.39, 0.29) is 0 Å². The molecule has 0 spiro atoms. The third-order valence-electron chi connectivity index (χ3n) is 4.73. The predicted molar refractivity (Wildman–Crippen MR) is 103 cm³/mol. The number of amidine groups is 1. The molecule has 25 heavy (non-hydrogen) atoms. The molecule has 130 valence electrons. The molecule has 0 aliphatic carbocycles. The monoisotopic (exact) mass is 375 g/mol. The summed E-state index contributed by atoms with van der Waals surface area (Å²) in [4.78, 5) is 2.19. The number of hydrogen-bond donors (Lipinski definition) is 1. The summed E-state index contributed by atoms with van der Waals surface area (Å²) in [6.07, 6.45) is 1.06. The van der Waals surface area contributed by atoms with Gasteiger partial charge >= 0.3 is 5.17 Å². The van der Waals surface area contributed by atoms with Crippen molar-refractivity contribution in [1.82, 2.24) is 0 Å². The third kappa shape index (κ3) is 2.90. The summed E-state index contributed by atoms with van der Waals surface area (Å²) in [5, 5.41) is 13.3. The van der Waals surface area contributed by atoms with Gasteiger partial charge in [0.25, 0.3) is 5.72 Å². The first-order chi connectivity index (χ1) is 12.1. The van der Waals surface area contributed by atoms with E-state index in [1.807, 2.05) is 48.5 Å². The van der Waals surface area contributed by atoms with E-state index in [0.29, 0.717) is 11.6 Å². The molecule has 0 bridgehead atoms. The van der Waals surface area contributed by atoms with Gasteiger partial charge in [0.15, 0.2) is 6.54 Å². The lowest BCUT2D eigenvalue weighted by molar-refractivity contribution is -0.656. The predicted octanol–water partition coefficient (Wildman–Crippen LogP) is 3.52. The normalized spacial score (nSPS) is 22.9. The molecule has 2 aliphatic rings. The summed E-state index contributed by atoms with van der Waals surface area (Å²) >= 11 is 7.83. The molecule has 4 nitrogen and oxygen atoms in total. The van der Waals surface area contributed by atoms with Gasteiger partial charge in [-0.25, -0.2) is 9.48 Å². The highest BCUT2D eigenvalue weighted by Gasteiger charge is 2.53. The Labute approximate surface area is 156 Å². The van der Waals surface area contributed by atoms with E-state index in [1.54, 1.807) is 18.9 Å². The number of halogens is 1. The number of ether oxygens (including phenoxy) is 1. The fourth-order valence-corrected chi connectivity index (χ4v) is 4.73. The maximum absolute atomic E-state index is 11.6. The van der Waals surface area contributed by atoms with Crippen LogP contribution in [0.2, 0.25) is 5.02 Å². The molecule has 1 N–H and O–H groups in total. The minimum atomic E-state index is -1.05. The van der Waals surface area contributed by atoms with Crippen LogP contribution in [0.1, 0.15) is 12.0 Å². The van der Waals surface area contributed by atoms with Crippen LogP contribution in [0.4, 0.5) is 5.69 Å². The van der Waals surface area contributed by atoms with Crippen LogP contribution in [0.5, 0.6) is 5.75 Å². The molecule has 0 fully saturated rings. The summed E-state index contributed by atoms with van der Waals surface area (Å²) in [6, 6.07) is 15.5. The molecule has 2 aromatic carbocycles. The van der Waals surface area contributed by atoms with Crippen LogP contribution in [0.25, 0.3) is 0 Å². The highest BCUT2D eigenvalue weighted by Crippen LogP contribution is 2.38. The molecule has 2 aromatic rings. The Kier molecular flexibility index (Phi) is 4.40.